The van der Waals surface area contributed by atoms with Crippen LogP contribution in [0.15, 0.2) is 42.5 Å². The molecule has 202 valence electrons. The molecule has 0 saturated carbocycles. The number of piperazine rings is 1. The number of benzene rings is 2. The molecule has 1 aromatic heterocycles. The zero-order valence-electron chi connectivity index (χ0n) is 22.5. The van der Waals surface area contributed by atoms with Gasteiger partial charge in [0, 0.05) is 59.4 Å². The number of fused-ring (bicyclic) bond motifs is 1. The summed E-state index contributed by atoms with van der Waals surface area (Å²) in [5.74, 6) is -0.495. The second-order valence-electron chi connectivity index (χ2n) is 10.3. The summed E-state index contributed by atoms with van der Waals surface area (Å²) in [5.41, 5.74) is 6.03. The Bertz CT molecular complexity index is 1480. The minimum absolute atomic E-state index is 0.00374. The van der Waals surface area contributed by atoms with Crippen molar-refractivity contribution in [1.82, 2.24) is 20.1 Å². The van der Waals surface area contributed by atoms with Gasteiger partial charge in [-0.1, -0.05) is 23.7 Å². The SMILES string of the molecule is Cc1[nH]c(C=C2C(=O)Nc3ccc(C(=O)NC(C)c4ccc(Cl)cc4)cc32)c(C)c1C(=O)N1CCN(C)CC1. The molecule has 9 heteroatoms. The maximum atomic E-state index is 13.3. The number of amides is 3. The number of carbonyl (C=O) groups is 3. The van der Waals surface area contributed by atoms with Crippen LogP contribution in [-0.4, -0.2) is 65.7 Å². The summed E-state index contributed by atoms with van der Waals surface area (Å²) < 4.78 is 0. The predicted molar refractivity (Wildman–Crippen MR) is 154 cm³/mol. The molecule has 2 aliphatic heterocycles. The summed E-state index contributed by atoms with van der Waals surface area (Å²) in [6, 6.07) is 12.3. The third kappa shape index (κ3) is 5.35. The third-order valence-corrected chi connectivity index (χ3v) is 7.80. The molecule has 2 aliphatic rings. The highest BCUT2D eigenvalue weighted by atomic mass is 35.5. The molecule has 1 atom stereocenters. The van der Waals surface area contributed by atoms with Gasteiger partial charge in [0.05, 0.1) is 17.2 Å². The molecule has 3 N–H and O–H groups in total. The molecule has 8 nitrogen and oxygen atoms in total. The Hall–Kier alpha value is -3.88. The van der Waals surface area contributed by atoms with Crippen LogP contribution in [0.5, 0.6) is 0 Å². The summed E-state index contributed by atoms with van der Waals surface area (Å²) in [7, 11) is 2.05. The van der Waals surface area contributed by atoms with Crippen molar-refractivity contribution in [2.75, 3.05) is 38.5 Å². The quantitative estimate of drug-likeness (QED) is 0.406. The molecule has 0 aliphatic carbocycles. The first-order valence-electron chi connectivity index (χ1n) is 13.0. The number of hydrogen-bond acceptors (Lipinski definition) is 4. The van der Waals surface area contributed by atoms with Crippen molar-refractivity contribution in [3.8, 4) is 0 Å². The summed E-state index contributed by atoms with van der Waals surface area (Å²) in [6.45, 7) is 8.75. The molecule has 3 amide bonds. The Labute approximate surface area is 233 Å². The number of carbonyl (C=O) groups excluding carboxylic acids is 3. The molecular weight excluding hydrogens is 514 g/mol. The van der Waals surface area contributed by atoms with E-state index in [9.17, 15) is 14.4 Å². The zero-order valence-corrected chi connectivity index (χ0v) is 23.3. The van der Waals surface area contributed by atoms with Crippen molar-refractivity contribution in [2.24, 2.45) is 0 Å². The van der Waals surface area contributed by atoms with Crippen LogP contribution in [0.3, 0.4) is 0 Å². The highest BCUT2D eigenvalue weighted by molar-refractivity contribution is 6.35. The number of hydrogen-bond donors (Lipinski definition) is 3. The normalized spacial score (nSPS) is 17.2. The van der Waals surface area contributed by atoms with Crippen LogP contribution in [0, 0.1) is 13.8 Å². The molecule has 0 spiro atoms. The van der Waals surface area contributed by atoms with Gasteiger partial charge in [-0.25, -0.2) is 0 Å². The average molecular weight is 546 g/mol. The maximum absolute atomic E-state index is 13.3. The number of nitrogens with one attached hydrogen (secondary N) is 3. The molecule has 39 heavy (non-hydrogen) atoms. The van der Waals surface area contributed by atoms with Crippen LogP contribution in [0.2, 0.25) is 5.02 Å². The van der Waals surface area contributed by atoms with E-state index in [1.807, 2.05) is 37.8 Å². The van der Waals surface area contributed by atoms with Crippen LogP contribution in [0.1, 0.15) is 61.8 Å². The molecule has 1 unspecified atom stereocenters. The van der Waals surface area contributed by atoms with Crippen molar-refractivity contribution in [3.05, 3.63) is 86.7 Å². The Kier molecular flexibility index (Phi) is 7.34. The maximum Gasteiger partial charge on any atom is 0.256 e. The fourth-order valence-corrected chi connectivity index (χ4v) is 5.26. The van der Waals surface area contributed by atoms with Crippen molar-refractivity contribution in [3.63, 3.8) is 0 Å². The molecule has 3 aromatic rings. The van der Waals surface area contributed by atoms with E-state index in [0.717, 1.165) is 29.9 Å². The van der Waals surface area contributed by atoms with Crippen LogP contribution in [0.4, 0.5) is 5.69 Å². The molecule has 0 bridgehead atoms. The van der Waals surface area contributed by atoms with E-state index in [1.54, 1.807) is 36.4 Å². The predicted octanol–water partition coefficient (Wildman–Crippen LogP) is 4.66. The first kappa shape index (κ1) is 26.7. The monoisotopic (exact) mass is 545 g/mol. The largest absolute Gasteiger partial charge is 0.358 e. The van der Waals surface area contributed by atoms with E-state index in [2.05, 4.69) is 27.6 Å². The zero-order chi connectivity index (χ0) is 27.8. The molecule has 3 heterocycles. The summed E-state index contributed by atoms with van der Waals surface area (Å²) in [4.78, 5) is 46.7. The minimum atomic E-state index is -0.254. The molecule has 2 aromatic carbocycles. The van der Waals surface area contributed by atoms with E-state index in [-0.39, 0.29) is 23.8 Å². The third-order valence-electron chi connectivity index (χ3n) is 7.55. The van der Waals surface area contributed by atoms with E-state index in [4.69, 9.17) is 11.6 Å². The van der Waals surface area contributed by atoms with Crippen molar-refractivity contribution in [2.45, 2.75) is 26.8 Å². The first-order valence-corrected chi connectivity index (χ1v) is 13.4. The van der Waals surface area contributed by atoms with Gasteiger partial charge in [0.15, 0.2) is 0 Å². The number of aromatic nitrogens is 1. The smallest absolute Gasteiger partial charge is 0.256 e. The molecule has 1 saturated heterocycles. The highest BCUT2D eigenvalue weighted by Crippen LogP contribution is 2.35. The van der Waals surface area contributed by atoms with Gasteiger partial charge in [-0.05, 0) is 75.4 Å². The van der Waals surface area contributed by atoms with Gasteiger partial charge in [0.1, 0.15) is 0 Å². The topological polar surface area (TPSA) is 97.5 Å². The summed E-state index contributed by atoms with van der Waals surface area (Å²) in [5, 5.41) is 6.52. The number of H-pyrrole nitrogens is 1. The average Bonchev–Trinajstić information content (AvgIpc) is 3.38. The molecule has 0 radical (unpaired) electrons. The number of aromatic amines is 1. The lowest BCUT2D eigenvalue weighted by Crippen LogP contribution is -2.47. The Morgan fingerprint density at radius 3 is 2.44 bits per heavy atom. The van der Waals surface area contributed by atoms with Gasteiger partial charge in [0.25, 0.3) is 17.7 Å². The number of rotatable bonds is 5. The molecule has 1 fully saturated rings. The van der Waals surface area contributed by atoms with E-state index < -0.39 is 0 Å². The Balaban J connectivity index is 1.40. The second kappa shape index (κ2) is 10.7. The fraction of sp³-hybridized carbons (Fsp3) is 0.300. The van der Waals surface area contributed by atoms with Gasteiger partial charge < -0.3 is 25.4 Å². The van der Waals surface area contributed by atoms with E-state index >= 15 is 0 Å². The Morgan fingerprint density at radius 1 is 1.05 bits per heavy atom. The molecule has 5 rings (SSSR count). The van der Waals surface area contributed by atoms with Crippen LogP contribution in [0.25, 0.3) is 11.6 Å². The van der Waals surface area contributed by atoms with Crippen molar-refractivity contribution >= 4 is 46.7 Å². The van der Waals surface area contributed by atoms with Gasteiger partial charge in [0.2, 0.25) is 0 Å². The van der Waals surface area contributed by atoms with Crippen molar-refractivity contribution < 1.29 is 14.4 Å². The van der Waals surface area contributed by atoms with Crippen LogP contribution >= 0.6 is 11.6 Å². The van der Waals surface area contributed by atoms with Gasteiger partial charge >= 0.3 is 0 Å². The second-order valence-corrected chi connectivity index (χ2v) is 10.7. The number of nitrogens with zero attached hydrogens (tertiary/aromatic N) is 2. The van der Waals surface area contributed by atoms with Crippen LogP contribution < -0.4 is 10.6 Å². The Morgan fingerprint density at radius 2 is 1.74 bits per heavy atom. The van der Waals surface area contributed by atoms with E-state index in [1.165, 1.54) is 0 Å². The van der Waals surface area contributed by atoms with Gasteiger partial charge in [-0.3, -0.25) is 14.4 Å². The summed E-state index contributed by atoms with van der Waals surface area (Å²) >= 11 is 5.98. The van der Waals surface area contributed by atoms with Crippen LogP contribution in [-0.2, 0) is 4.79 Å². The number of aryl methyl sites for hydroxylation is 1. The lowest BCUT2D eigenvalue weighted by atomic mass is 10.0. The highest BCUT2D eigenvalue weighted by Gasteiger charge is 2.28. The lowest BCUT2D eigenvalue weighted by Gasteiger charge is -2.32. The number of anilines is 1. The van der Waals surface area contributed by atoms with Gasteiger partial charge in [-0.2, -0.15) is 0 Å². The number of halogens is 1. The standard InChI is InChI=1S/C30H32ClN5O3/c1-17-26(32-19(3)27(17)30(39)36-13-11-35(4)12-14-36)16-24-23-15-21(7-10-25(23)34-29(24)38)28(37)33-18(2)20-5-8-22(31)9-6-20/h5-10,15-16,18,32H,11-14H2,1-4H3,(H,33,37)(H,34,38). The molecular formula is C30H32ClN5O3. The van der Waals surface area contributed by atoms with E-state index in [0.29, 0.717) is 51.8 Å². The first-order chi connectivity index (χ1) is 18.6. The van der Waals surface area contributed by atoms with Gasteiger partial charge in [-0.15, -0.1) is 0 Å². The fourth-order valence-electron chi connectivity index (χ4n) is 5.14. The van der Waals surface area contributed by atoms with Crippen molar-refractivity contribution in [1.29, 1.82) is 0 Å². The minimum Gasteiger partial charge on any atom is -0.358 e. The number of likely N-dealkylation sites (N-methyl/N-ethyl adjacent to an activating group) is 1. The summed E-state index contributed by atoms with van der Waals surface area (Å²) in [6.07, 6.45) is 1.77. The lowest BCUT2D eigenvalue weighted by molar-refractivity contribution is -0.110.